The summed E-state index contributed by atoms with van der Waals surface area (Å²) in [4.78, 5) is 4.74. The molecule has 0 spiro atoms. The average molecular weight is 1120 g/mol. The van der Waals surface area contributed by atoms with Crippen molar-refractivity contribution in [2.45, 2.75) is 112 Å². The van der Waals surface area contributed by atoms with E-state index in [1.165, 1.54) is 34.5 Å². The molecule has 0 fully saturated rings. The van der Waals surface area contributed by atoms with Gasteiger partial charge in [0.15, 0.2) is 0 Å². The summed E-state index contributed by atoms with van der Waals surface area (Å²) in [5, 5.41) is 1.67. The minimum Gasteiger partial charge on any atom is -0.510 e. The Morgan fingerprint density at radius 3 is 1.92 bits per heavy atom. The van der Waals surface area contributed by atoms with Crippen LogP contribution >= 0.6 is 0 Å². The van der Waals surface area contributed by atoms with Crippen molar-refractivity contribution < 1.29 is 41.3 Å². The van der Waals surface area contributed by atoms with Gasteiger partial charge in [0.2, 0.25) is 0 Å². The normalized spacial score (nSPS) is 14.3. The third-order valence-electron chi connectivity index (χ3n) is 13.2. The van der Waals surface area contributed by atoms with Crippen LogP contribution < -0.4 is 9.30 Å². The van der Waals surface area contributed by atoms with Crippen LogP contribution in [0, 0.1) is 25.3 Å². The maximum absolute atomic E-state index is 8.66. The van der Waals surface area contributed by atoms with Crippen LogP contribution in [-0.4, -0.2) is 14.1 Å². The summed E-state index contributed by atoms with van der Waals surface area (Å²) >= 11 is 0. The largest absolute Gasteiger partial charge is 0.510 e. The molecule has 3 aromatic heterocycles. The number of imidazole rings is 1. The van der Waals surface area contributed by atoms with Crippen LogP contribution in [0.25, 0.3) is 72.3 Å². The second-order valence-electron chi connectivity index (χ2n) is 22.5. The first-order chi connectivity index (χ1) is 36.4. The third-order valence-corrected chi connectivity index (χ3v) is 13.2. The molecule has 7 aromatic carbocycles. The smallest absolute Gasteiger partial charge is 0.268 e. The van der Waals surface area contributed by atoms with Crippen molar-refractivity contribution in [1.29, 1.82) is 0 Å². The molecule has 71 heavy (non-hydrogen) atoms. The van der Waals surface area contributed by atoms with Gasteiger partial charge in [-0.1, -0.05) is 186 Å². The molecule has 5 nitrogen and oxygen atoms in total. The molecular weight excluding hydrogens is 1050 g/mol. The van der Waals surface area contributed by atoms with Gasteiger partial charge in [-0.05, 0) is 102 Å². The van der Waals surface area contributed by atoms with Gasteiger partial charge in [-0.2, -0.15) is 18.2 Å². The third kappa shape index (κ3) is 9.42. The number of fused-ring (bicyclic) bond motifs is 4. The van der Waals surface area contributed by atoms with Crippen LogP contribution in [0.1, 0.15) is 122 Å². The minimum absolute atomic E-state index is 0. The average Bonchev–Trinajstić information content (AvgIpc) is 4.16. The fraction of sp³-hybridized carbons (Fsp3) is 0.262. The topological polar surface area (TPSA) is 35.9 Å². The number of ether oxygens (including phenoxy) is 1. The Kier molecular flexibility index (Phi) is 10.3. The maximum atomic E-state index is 8.66. The van der Waals surface area contributed by atoms with Gasteiger partial charge in [0, 0.05) is 54.0 Å². The fourth-order valence-electron chi connectivity index (χ4n) is 9.31. The monoisotopic (exact) mass is 1120 g/mol. The van der Waals surface area contributed by atoms with E-state index in [0.717, 1.165) is 44.1 Å². The molecule has 6 heteroatoms. The van der Waals surface area contributed by atoms with E-state index < -0.39 is 37.1 Å². The summed E-state index contributed by atoms with van der Waals surface area (Å²) < 4.78 is 80.7. The minimum atomic E-state index is -2.75. The van der Waals surface area contributed by atoms with Crippen molar-refractivity contribution in [2.75, 3.05) is 0 Å². The van der Waals surface area contributed by atoms with E-state index in [9.17, 15) is 0 Å². The van der Waals surface area contributed by atoms with E-state index in [1.54, 1.807) is 4.57 Å². The zero-order valence-corrected chi connectivity index (χ0v) is 44.8. The molecule has 10 aromatic rings. The first-order valence-corrected chi connectivity index (χ1v) is 24.0. The Balaban J connectivity index is 0.00000757. The van der Waals surface area contributed by atoms with E-state index in [-0.39, 0.29) is 65.2 Å². The molecule has 0 aliphatic carbocycles. The number of hydrogen-bond acceptors (Lipinski definition) is 2. The van der Waals surface area contributed by atoms with E-state index >= 15 is 0 Å². The molecule has 10 rings (SSSR count). The standard InChI is InChI=1S/C65H64N4O.Pt/c1-42-34-60(66-40-53(42)44-20-15-14-16-21-44)69-56-25-18-17-24-51(56)52-32-31-50(39-58(52)69)70-49-23-19-22-48(38-49)67-41-68(57-33-28-45(35-59(57)67)43-26-29-46(30-27-43)62(2,3)4)61-54(64(8,9)10)36-47(63(5,6)7)37-55(61)65(11,12)13;/h14-37,40H,1-13H3;/q-2;/i1D3,14D,15D,16D,20D,21D;. The fourth-order valence-corrected chi connectivity index (χ4v) is 9.31. The van der Waals surface area contributed by atoms with Crippen molar-refractivity contribution in [2.24, 2.45) is 0 Å². The van der Waals surface area contributed by atoms with Gasteiger partial charge in [0.1, 0.15) is 5.82 Å². The molecule has 0 bridgehead atoms. The molecule has 362 valence electrons. The van der Waals surface area contributed by atoms with Gasteiger partial charge in [-0.25, -0.2) is 4.98 Å². The summed E-state index contributed by atoms with van der Waals surface area (Å²) in [6.45, 7) is 24.4. The Bertz CT molecular complexity index is 3970. The predicted octanol–water partition coefficient (Wildman–Crippen LogP) is 16.4. The molecule has 0 amide bonds. The van der Waals surface area contributed by atoms with Crippen LogP contribution in [0.3, 0.4) is 0 Å². The van der Waals surface area contributed by atoms with Crippen LogP contribution in [0.2, 0.25) is 0 Å². The molecule has 0 saturated heterocycles. The molecule has 0 N–H and O–H groups in total. The molecular formula is C65H64N4OPt-2. The number of pyridine rings is 1. The second kappa shape index (κ2) is 18.2. The molecule has 3 heterocycles. The number of benzene rings is 7. The van der Waals surface area contributed by atoms with Crippen LogP contribution in [0.15, 0.2) is 152 Å². The van der Waals surface area contributed by atoms with E-state index in [1.807, 2.05) is 54.6 Å². The van der Waals surface area contributed by atoms with Crippen molar-refractivity contribution >= 4 is 32.8 Å². The molecule has 0 radical (unpaired) electrons. The van der Waals surface area contributed by atoms with Crippen LogP contribution in [-0.2, 0) is 42.7 Å². The molecule has 0 aliphatic rings. The summed E-state index contributed by atoms with van der Waals surface area (Å²) in [5.41, 5.74) is 11.1. The summed E-state index contributed by atoms with van der Waals surface area (Å²) in [6.07, 6.45) is 5.13. The van der Waals surface area contributed by atoms with Gasteiger partial charge in [0.25, 0.3) is 6.33 Å². The van der Waals surface area contributed by atoms with Gasteiger partial charge >= 0.3 is 0 Å². The number of rotatable bonds is 7. The number of nitrogens with zero attached hydrogens (tertiary/aromatic N) is 4. The van der Waals surface area contributed by atoms with Crippen molar-refractivity contribution in [1.82, 2.24) is 14.1 Å². The molecule has 0 atom stereocenters. The molecule has 0 aliphatic heterocycles. The predicted molar refractivity (Wildman–Crippen MR) is 290 cm³/mol. The quantitative estimate of drug-likeness (QED) is 0.118. The van der Waals surface area contributed by atoms with E-state index in [0.29, 0.717) is 22.7 Å². The first kappa shape index (κ1) is 40.1. The van der Waals surface area contributed by atoms with Gasteiger partial charge in [-0.3, -0.25) is 4.57 Å². The van der Waals surface area contributed by atoms with Gasteiger partial charge in [-0.15, -0.1) is 29.7 Å². The summed E-state index contributed by atoms with van der Waals surface area (Å²) in [7, 11) is 0. The number of aromatic nitrogens is 4. The Hall–Kier alpha value is -6.55. The second-order valence-corrected chi connectivity index (χ2v) is 22.5. The summed E-state index contributed by atoms with van der Waals surface area (Å²) in [5.74, 6) is 1.02. The van der Waals surface area contributed by atoms with Gasteiger partial charge in [0.05, 0.1) is 23.6 Å². The van der Waals surface area contributed by atoms with Crippen LogP contribution in [0.4, 0.5) is 0 Å². The number of aryl methyl sites for hydroxylation is 1. The zero-order chi connectivity index (χ0) is 56.3. The number of hydrogen-bond donors (Lipinski definition) is 0. The van der Waals surface area contributed by atoms with Crippen molar-refractivity contribution in [3.63, 3.8) is 0 Å². The Labute approximate surface area is 446 Å². The van der Waals surface area contributed by atoms with E-state index in [2.05, 4.69) is 165 Å². The Morgan fingerprint density at radius 2 is 1.25 bits per heavy atom. The van der Waals surface area contributed by atoms with E-state index in [4.69, 9.17) is 20.7 Å². The Morgan fingerprint density at radius 1 is 0.592 bits per heavy atom. The first-order valence-electron chi connectivity index (χ1n) is 28.0. The zero-order valence-electron chi connectivity index (χ0n) is 50.6. The van der Waals surface area contributed by atoms with Crippen molar-refractivity contribution in [3.8, 4) is 50.9 Å². The SMILES string of the molecule is [2H]c1c([2H])c([2H])c(-c2cnc(-n3c4[c-]c(Oc5[c-]c(-n6[c-][n+](-c7c(C(C)(C)C)cc(C(C)(C)C)cc7C(C)(C)C)c7ccc(-c8ccc(C(C)(C)C)cc8)cc76)ccc5)ccc4c4ccccc43)cc2C([2H])([2H])[2H])c([2H])c1[2H].[Pt]. The number of para-hydroxylation sites is 1. The van der Waals surface area contributed by atoms with Crippen LogP contribution in [0.5, 0.6) is 11.5 Å². The summed E-state index contributed by atoms with van der Waals surface area (Å²) in [6, 6.07) is 43.2. The molecule has 0 saturated carbocycles. The maximum Gasteiger partial charge on any atom is 0.268 e. The molecule has 0 unspecified atom stereocenters. The van der Waals surface area contributed by atoms with Gasteiger partial charge < -0.3 is 13.9 Å². The van der Waals surface area contributed by atoms with Crippen molar-refractivity contribution in [3.05, 3.63) is 198 Å².